The van der Waals surface area contributed by atoms with Crippen molar-refractivity contribution >= 4 is 0 Å². The van der Waals surface area contributed by atoms with Crippen molar-refractivity contribution in [3.05, 3.63) is 11.7 Å². The number of rotatable bonds is 5. The molecule has 0 radical (unpaired) electrons. The Hall–Kier alpha value is -1.11. The molecule has 0 unspecified atom stereocenters. The third-order valence-electron chi connectivity index (χ3n) is 2.51. The lowest BCUT2D eigenvalue weighted by atomic mass is 9.89. The van der Waals surface area contributed by atoms with Crippen LogP contribution in [0.25, 0.3) is 0 Å². The van der Waals surface area contributed by atoms with Crippen LogP contribution >= 0.6 is 0 Å². The quantitative estimate of drug-likeness (QED) is 0.873. The van der Waals surface area contributed by atoms with E-state index in [2.05, 4.69) is 14.7 Å². The zero-order valence-electron chi connectivity index (χ0n) is 9.84. The van der Waals surface area contributed by atoms with Crippen molar-refractivity contribution in [3.63, 3.8) is 0 Å². The van der Waals surface area contributed by atoms with Gasteiger partial charge >= 0.3 is 12.1 Å². The van der Waals surface area contributed by atoms with Crippen LogP contribution in [0.2, 0.25) is 0 Å². The first-order valence-corrected chi connectivity index (χ1v) is 5.53. The second-order valence-electron chi connectivity index (χ2n) is 4.08. The zero-order chi connectivity index (χ0) is 13.1. The van der Waals surface area contributed by atoms with Crippen LogP contribution in [0.1, 0.15) is 51.2 Å². The molecule has 17 heavy (non-hydrogen) atoms. The number of alkyl halides is 3. The van der Waals surface area contributed by atoms with Gasteiger partial charge in [-0.15, -0.1) is 0 Å². The lowest BCUT2D eigenvalue weighted by Crippen LogP contribution is -2.37. The summed E-state index contributed by atoms with van der Waals surface area (Å²) in [4.78, 5) is 3.36. The van der Waals surface area contributed by atoms with E-state index < -0.39 is 17.6 Å². The fraction of sp³-hybridized carbons (Fsp3) is 0.800. The first-order chi connectivity index (χ1) is 7.83. The second kappa shape index (κ2) is 5.03. The van der Waals surface area contributed by atoms with Crippen LogP contribution in [-0.2, 0) is 11.7 Å². The Kier molecular flexibility index (Phi) is 4.13. The monoisotopic (exact) mass is 251 g/mol. The molecule has 1 aromatic rings. The molecule has 1 aromatic heterocycles. The van der Waals surface area contributed by atoms with E-state index in [9.17, 15) is 13.2 Å². The van der Waals surface area contributed by atoms with Crippen LogP contribution in [-0.4, -0.2) is 10.1 Å². The van der Waals surface area contributed by atoms with Crippen molar-refractivity contribution in [2.75, 3.05) is 0 Å². The Balaban J connectivity index is 3.00. The van der Waals surface area contributed by atoms with Gasteiger partial charge in [0, 0.05) is 0 Å². The number of halogens is 3. The predicted molar refractivity (Wildman–Crippen MR) is 55.0 cm³/mol. The molecule has 1 rings (SSSR count). The van der Waals surface area contributed by atoms with E-state index in [0.717, 1.165) is 12.8 Å². The Bertz CT molecular complexity index is 356. The molecular weight excluding hydrogens is 235 g/mol. The number of hydrogen-bond acceptors (Lipinski definition) is 4. The second-order valence-corrected chi connectivity index (χ2v) is 4.08. The molecule has 2 N–H and O–H groups in total. The van der Waals surface area contributed by atoms with Crippen molar-refractivity contribution in [1.82, 2.24) is 10.1 Å². The first kappa shape index (κ1) is 14.0. The molecule has 0 saturated carbocycles. The highest BCUT2D eigenvalue weighted by atomic mass is 19.4. The number of hydrogen-bond donors (Lipinski definition) is 1. The van der Waals surface area contributed by atoms with Crippen LogP contribution in [0.5, 0.6) is 0 Å². The highest BCUT2D eigenvalue weighted by Crippen LogP contribution is 2.31. The van der Waals surface area contributed by atoms with Gasteiger partial charge in [0.25, 0.3) is 0 Å². The molecule has 0 spiro atoms. The summed E-state index contributed by atoms with van der Waals surface area (Å²) in [5.74, 6) is -1.40. The third kappa shape index (κ3) is 3.18. The van der Waals surface area contributed by atoms with Gasteiger partial charge in [-0.05, 0) is 12.8 Å². The molecule has 0 aliphatic carbocycles. The molecular formula is C10H16F3N3O. The third-order valence-corrected chi connectivity index (χ3v) is 2.51. The van der Waals surface area contributed by atoms with Crippen LogP contribution in [0, 0.1) is 0 Å². The van der Waals surface area contributed by atoms with Crippen molar-refractivity contribution in [3.8, 4) is 0 Å². The smallest absolute Gasteiger partial charge is 0.329 e. The summed E-state index contributed by atoms with van der Waals surface area (Å²) in [6.07, 6.45) is -2.08. The lowest BCUT2D eigenvalue weighted by molar-refractivity contribution is -0.159. The number of aromatic nitrogens is 2. The van der Waals surface area contributed by atoms with Crippen LogP contribution in [0.15, 0.2) is 4.52 Å². The van der Waals surface area contributed by atoms with E-state index >= 15 is 0 Å². The molecule has 0 aromatic carbocycles. The summed E-state index contributed by atoms with van der Waals surface area (Å²) >= 11 is 0. The van der Waals surface area contributed by atoms with Crippen LogP contribution in [0.4, 0.5) is 13.2 Å². The van der Waals surface area contributed by atoms with Crippen LogP contribution < -0.4 is 5.73 Å². The summed E-state index contributed by atoms with van der Waals surface area (Å²) in [6.45, 7) is 3.81. The minimum absolute atomic E-state index is 0.0616. The van der Waals surface area contributed by atoms with Gasteiger partial charge in [0.1, 0.15) is 0 Å². The minimum atomic E-state index is -4.62. The van der Waals surface area contributed by atoms with Gasteiger partial charge in [0.2, 0.25) is 0 Å². The molecule has 0 aliphatic heterocycles. The number of nitrogens with two attached hydrogens (primary N) is 1. The molecule has 0 fully saturated rings. The SMILES string of the molecule is CCCC(N)(CCC)c1noc(C(F)(F)F)n1. The zero-order valence-corrected chi connectivity index (χ0v) is 9.84. The van der Waals surface area contributed by atoms with Gasteiger partial charge < -0.3 is 10.3 Å². The molecule has 1 heterocycles. The first-order valence-electron chi connectivity index (χ1n) is 5.53. The average Bonchev–Trinajstić information content (AvgIpc) is 2.66. The summed E-state index contributed by atoms with van der Waals surface area (Å²) in [5, 5.41) is 3.36. The van der Waals surface area contributed by atoms with Gasteiger partial charge in [0.05, 0.1) is 5.54 Å². The molecule has 7 heteroatoms. The van der Waals surface area contributed by atoms with Gasteiger partial charge in [-0.2, -0.15) is 18.2 Å². The topological polar surface area (TPSA) is 64.9 Å². The van der Waals surface area contributed by atoms with E-state index in [1.54, 1.807) is 0 Å². The van der Waals surface area contributed by atoms with Gasteiger partial charge in [0.15, 0.2) is 5.82 Å². The molecule has 4 nitrogen and oxygen atoms in total. The maximum atomic E-state index is 12.3. The Labute approximate surface area is 97.4 Å². The maximum Gasteiger partial charge on any atom is 0.471 e. The molecule has 0 atom stereocenters. The number of nitrogens with zero attached hydrogens (tertiary/aromatic N) is 2. The lowest BCUT2D eigenvalue weighted by Gasteiger charge is -2.24. The Morgan fingerprint density at radius 2 is 1.71 bits per heavy atom. The summed E-state index contributed by atoms with van der Waals surface area (Å²) in [7, 11) is 0. The molecule has 0 aliphatic rings. The molecule has 98 valence electrons. The molecule has 0 bridgehead atoms. The minimum Gasteiger partial charge on any atom is -0.329 e. The van der Waals surface area contributed by atoms with Crippen LogP contribution in [0.3, 0.4) is 0 Å². The fourth-order valence-corrected chi connectivity index (χ4v) is 1.78. The van der Waals surface area contributed by atoms with E-state index in [0.29, 0.717) is 12.8 Å². The maximum absolute atomic E-state index is 12.3. The fourth-order valence-electron chi connectivity index (χ4n) is 1.78. The standard InChI is InChI=1S/C10H16F3N3O/c1-3-5-9(14,6-4-2)7-15-8(17-16-7)10(11,12)13/h3-6,14H2,1-2H3. The largest absolute Gasteiger partial charge is 0.471 e. The average molecular weight is 251 g/mol. The summed E-state index contributed by atoms with van der Waals surface area (Å²) < 4.78 is 41.2. The van der Waals surface area contributed by atoms with Crippen molar-refractivity contribution in [2.45, 2.75) is 51.2 Å². The van der Waals surface area contributed by atoms with Gasteiger partial charge in [-0.25, -0.2) is 0 Å². The van der Waals surface area contributed by atoms with Gasteiger partial charge in [-0.1, -0.05) is 31.8 Å². The molecule has 0 amide bonds. The van der Waals surface area contributed by atoms with Crippen molar-refractivity contribution < 1.29 is 17.7 Å². The van der Waals surface area contributed by atoms with Crippen molar-refractivity contribution in [1.29, 1.82) is 0 Å². The highest BCUT2D eigenvalue weighted by molar-refractivity contribution is 5.04. The van der Waals surface area contributed by atoms with E-state index in [1.165, 1.54) is 0 Å². The van der Waals surface area contributed by atoms with E-state index in [4.69, 9.17) is 5.73 Å². The van der Waals surface area contributed by atoms with Crippen molar-refractivity contribution in [2.24, 2.45) is 5.73 Å². The predicted octanol–water partition coefficient (Wildman–Crippen LogP) is 2.84. The molecule has 0 saturated heterocycles. The normalized spacial score (nSPS) is 13.1. The summed E-state index contributed by atoms with van der Waals surface area (Å²) in [5.41, 5.74) is 5.11. The summed E-state index contributed by atoms with van der Waals surface area (Å²) in [6, 6.07) is 0. The van der Waals surface area contributed by atoms with E-state index in [1.807, 2.05) is 13.8 Å². The Morgan fingerprint density at radius 1 is 1.18 bits per heavy atom. The van der Waals surface area contributed by atoms with Gasteiger partial charge in [-0.3, -0.25) is 0 Å². The van der Waals surface area contributed by atoms with E-state index in [-0.39, 0.29) is 5.82 Å². The Morgan fingerprint density at radius 3 is 2.06 bits per heavy atom. The highest BCUT2D eigenvalue weighted by Gasteiger charge is 2.41.